The van der Waals surface area contributed by atoms with Gasteiger partial charge in [-0.15, -0.1) is 0 Å². The molecule has 2 N–H and O–H groups in total. The molecular formula is C27H23F5N4O3. The molecule has 0 aromatic heterocycles. The van der Waals surface area contributed by atoms with Crippen LogP contribution in [0.25, 0.3) is 0 Å². The van der Waals surface area contributed by atoms with Crippen molar-refractivity contribution in [3.05, 3.63) is 95.3 Å². The highest BCUT2D eigenvalue weighted by Crippen LogP contribution is 2.28. The molecule has 1 aliphatic rings. The van der Waals surface area contributed by atoms with Crippen molar-refractivity contribution in [3.63, 3.8) is 0 Å². The van der Waals surface area contributed by atoms with Crippen molar-refractivity contribution in [1.29, 1.82) is 0 Å². The van der Waals surface area contributed by atoms with Crippen LogP contribution < -0.4 is 20.3 Å². The minimum Gasteiger partial charge on any atom is -0.422 e. The number of benzene rings is 3. The van der Waals surface area contributed by atoms with Gasteiger partial charge in [0.05, 0.1) is 12.3 Å². The summed E-state index contributed by atoms with van der Waals surface area (Å²) < 4.78 is 72.8. The van der Waals surface area contributed by atoms with Gasteiger partial charge in [-0.3, -0.25) is 14.6 Å². The molecule has 0 saturated carbocycles. The third-order valence-corrected chi connectivity index (χ3v) is 5.90. The van der Waals surface area contributed by atoms with Gasteiger partial charge >= 0.3 is 12.0 Å². The summed E-state index contributed by atoms with van der Waals surface area (Å²) in [6, 6.07) is 16.1. The van der Waals surface area contributed by atoms with Crippen molar-refractivity contribution < 1.29 is 36.3 Å². The Morgan fingerprint density at radius 2 is 1.67 bits per heavy atom. The van der Waals surface area contributed by atoms with Gasteiger partial charge in [0.15, 0.2) is 17.4 Å². The molecule has 3 aromatic rings. The molecule has 7 nitrogen and oxygen atoms in total. The van der Waals surface area contributed by atoms with Crippen LogP contribution in [0, 0.1) is 17.5 Å². The van der Waals surface area contributed by atoms with Gasteiger partial charge in [-0.1, -0.05) is 48.5 Å². The Bertz CT molecular complexity index is 1420. The molecule has 3 aromatic carbocycles. The zero-order chi connectivity index (χ0) is 28.3. The first-order chi connectivity index (χ1) is 18.5. The van der Waals surface area contributed by atoms with Crippen LogP contribution in [0.15, 0.2) is 71.7 Å². The lowest BCUT2D eigenvalue weighted by molar-refractivity contribution is -0.194. The number of hydrogen-bond donors (Lipinski definition) is 2. The molecule has 39 heavy (non-hydrogen) atoms. The second-order valence-electron chi connectivity index (χ2n) is 8.75. The Labute approximate surface area is 220 Å². The van der Waals surface area contributed by atoms with E-state index in [0.29, 0.717) is 17.8 Å². The van der Waals surface area contributed by atoms with Gasteiger partial charge in [0, 0.05) is 23.9 Å². The van der Waals surface area contributed by atoms with E-state index in [9.17, 15) is 31.5 Å². The molecule has 0 radical (unpaired) electrons. The van der Waals surface area contributed by atoms with E-state index in [2.05, 4.69) is 10.1 Å². The average Bonchev–Trinajstić information content (AvgIpc) is 3.05. The molecule has 1 heterocycles. The summed E-state index contributed by atoms with van der Waals surface area (Å²) >= 11 is 0. The minimum atomic E-state index is -4.71. The normalized spacial score (nSPS) is 15.9. The molecule has 0 aliphatic carbocycles. The van der Waals surface area contributed by atoms with Crippen LogP contribution >= 0.6 is 0 Å². The lowest BCUT2D eigenvalue weighted by Gasteiger charge is -2.24. The number of carbonyl (C=O) groups is 2. The maximum atomic E-state index is 14.3. The second-order valence-corrected chi connectivity index (χ2v) is 8.75. The van der Waals surface area contributed by atoms with E-state index in [1.54, 1.807) is 5.32 Å². The Balaban J connectivity index is 1.48. The van der Waals surface area contributed by atoms with Gasteiger partial charge in [-0.05, 0) is 25.1 Å². The summed E-state index contributed by atoms with van der Waals surface area (Å²) in [5, 5.41) is 4.42. The molecule has 1 unspecified atom stereocenters. The summed E-state index contributed by atoms with van der Waals surface area (Å²) in [7, 11) is 1.81. The van der Waals surface area contributed by atoms with Gasteiger partial charge in [-0.25, -0.2) is 8.78 Å². The number of nitrogens with one attached hydrogen (secondary N) is 2. The maximum Gasteiger partial charge on any atom is 0.482 e. The average molecular weight is 546 g/mol. The van der Waals surface area contributed by atoms with Gasteiger partial charge in [0.2, 0.25) is 11.7 Å². The molecule has 2 atom stereocenters. The predicted octanol–water partition coefficient (Wildman–Crippen LogP) is 4.01. The zero-order valence-electron chi connectivity index (χ0n) is 20.7. The van der Waals surface area contributed by atoms with Crippen molar-refractivity contribution in [2.45, 2.75) is 25.2 Å². The third kappa shape index (κ3) is 6.00. The Morgan fingerprint density at radius 1 is 1.00 bits per heavy atom. The van der Waals surface area contributed by atoms with Crippen molar-refractivity contribution in [2.24, 2.45) is 4.99 Å². The number of likely N-dealkylation sites (N-methyl/N-ethyl adjacent to an activating group) is 1. The van der Waals surface area contributed by atoms with E-state index < -0.39 is 53.3 Å². The van der Waals surface area contributed by atoms with Gasteiger partial charge in [-0.2, -0.15) is 13.2 Å². The molecule has 204 valence electrons. The number of carbonyl (C=O) groups excluding carboxylic acids is 2. The Hall–Kier alpha value is -4.48. The van der Waals surface area contributed by atoms with Crippen LogP contribution in [0.2, 0.25) is 0 Å². The SMILES string of the molecule is CC(NC(=O)C(F)(F)Oc1ccc(F)c(F)c1F)C(=O)N[C@@H]1CN(C)c2ccccc2C(c2ccccc2)=N1. The largest absolute Gasteiger partial charge is 0.482 e. The first-order valence-electron chi connectivity index (χ1n) is 11.7. The minimum absolute atomic E-state index is 0.231. The molecule has 1 aliphatic heterocycles. The number of ether oxygens (including phenoxy) is 1. The fourth-order valence-electron chi connectivity index (χ4n) is 3.94. The van der Waals surface area contributed by atoms with E-state index in [4.69, 9.17) is 4.99 Å². The van der Waals surface area contributed by atoms with Crippen molar-refractivity contribution >= 4 is 23.2 Å². The van der Waals surface area contributed by atoms with Crippen LogP contribution in [0.3, 0.4) is 0 Å². The van der Waals surface area contributed by atoms with E-state index >= 15 is 0 Å². The number of halogens is 5. The number of aliphatic imine (C=N–C) groups is 1. The Kier molecular flexibility index (Phi) is 7.84. The maximum absolute atomic E-state index is 14.3. The van der Waals surface area contributed by atoms with Crippen molar-refractivity contribution in [3.8, 4) is 5.75 Å². The number of nitrogens with zero attached hydrogens (tertiary/aromatic N) is 2. The Morgan fingerprint density at radius 3 is 2.38 bits per heavy atom. The monoisotopic (exact) mass is 546 g/mol. The van der Waals surface area contributed by atoms with E-state index in [0.717, 1.165) is 23.7 Å². The first-order valence-corrected chi connectivity index (χ1v) is 11.7. The first kappa shape index (κ1) is 27.6. The van der Waals surface area contributed by atoms with E-state index in [1.807, 2.05) is 66.5 Å². The number of anilines is 1. The molecule has 2 amide bonds. The summed E-state index contributed by atoms with van der Waals surface area (Å²) in [6.07, 6.45) is -5.53. The third-order valence-electron chi connectivity index (χ3n) is 5.90. The summed E-state index contributed by atoms with van der Waals surface area (Å²) in [5.41, 5.74) is 3.08. The van der Waals surface area contributed by atoms with Gasteiger partial charge in [0.25, 0.3) is 0 Å². The molecular weight excluding hydrogens is 523 g/mol. The van der Waals surface area contributed by atoms with E-state index in [1.165, 1.54) is 0 Å². The summed E-state index contributed by atoms with van der Waals surface area (Å²) in [5.74, 6) is -9.99. The highest BCUT2D eigenvalue weighted by Gasteiger charge is 2.44. The highest BCUT2D eigenvalue weighted by atomic mass is 19.3. The quantitative estimate of drug-likeness (QED) is 0.347. The number of fused-ring (bicyclic) bond motifs is 1. The zero-order valence-corrected chi connectivity index (χ0v) is 20.7. The van der Waals surface area contributed by atoms with Crippen LogP contribution in [-0.4, -0.2) is 49.4 Å². The van der Waals surface area contributed by atoms with Crippen LogP contribution in [0.4, 0.5) is 27.6 Å². The fourth-order valence-corrected chi connectivity index (χ4v) is 3.94. The van der Waals surface area contributed by atoms with Crippen molar-refractivity contribution in [2.75, 3.05) is 18.5 Å². The molecule has 12 heteroatoms. The number of alkyl halides is 2. The van der Waals surface area contributed by atoms with Crippen molar-refractivity contribution in [1.82, 2.24) is 10.6 Å². The molecule has 0 bridgehead atoms. The highest BCUT2D eigenvalue weighted by molar-refractivity contribution is 6.16. The number of rotatable bonds is 7. The molecule has 0 fully saturated rings. The molecule has 4 rings (SSSR count). The summed E-state index contributed by atoms with van der Waals surface area (Å²) in [6.45, 7) is 1.38. The summed E-state index contributed by atoms with van der Waals surface area (Å²) in [4.78, 5) is 31.6. The topological polar surface area (TPSA) is 83.0 Å². The lowest BCUT2D eigenvalue weighted by Crippen LogP contribution is -2.54. The number of para-hydroxylation sites is 1. The lowest BCUT2D eigenvalue weighted by atomic mass is 10.0. The van der Waals surface area contributed by atoms with Crippen LogP contribution in [0.5, 0.6) is 5.75 Å². The van der Waals surface area contributed by atoms with Gasteiger partial charge in [0.1, 0.15) is 12.2 Å². The smallest absolute Gasteiger partial charge is 0.422 e. The fraction of sp³-hybridized carbons (Fsp3) is 0.222. The number of hydrogen-bond acceptors (Lipinski definition) is 5. The molecule has 0 saturated heterocycles. The number of amides is 2. The number of benzodiazepines with no additional fused rings is 1. The van der Waals surface area contributed by atoms with Crippen LogP contribution in [0.1, 0.15) is 18.1 Å². The predicted molar refractivity (Wildman–Crippen MR) is 133 cm³/mol. The molecule has 0 spiro atoms. The van der Waals surface area contributed by atoms with E-state index in [-0.39, 0.29) is 6.54 Å². The van der Waals surface area contributed by atoms with Crippen LogP contribution in [-0.2, 0) is 9.59 Å². The van der Waals surface area contributed by atoms with Gasteiger partial charge < -0.3 is 20.3 Å². The second kappa shape index (κ2) is 11.1. The standard InChI is InChI=1S/C27H23F5N4O3/c1-15(33-26(38)27(31,32)39-20-13-12-18(28)22(29)23(20)30)25(37)35-21-14-36(2)19-11-7-6-10-17(19)24(34-21)16-8-4-3-5-9-16/h3-13,15,21H,14H2,1-2H3,(H,33,38)(H,35,37)/t15?,21-/m1/s1.